The molecule has 1 N–H and O–H groups in total. The van der Waals surface area contributed by atoms with Crippen molar-refractivity contribution >= 4 is 12.4 Å². The van der Waals surface area contributed by atoms with Crippen LogP contribution in [0.1, 0.15) is 19.0 Å². The predicted octanol–water partition coefficient (Wildman–Crippen LogP) is 1.77. The second-order valence-corrected chi connectivity index (χ2v) is 2.91. The van der Waals surface area contributed by atoms with Crippen LogP contribution >= 0.6 is 12.4 Å². The van der Waals surface area contributed by atoms with Gasteiger partial charge in [0.25, 0.3) is 0 Å². The van der Waals surface area contributed by atoms with Gasteiger partial charge in [-0.15, -0.1) is 12.4 Å². The van der Waals surface area contributed by atoms with Crippen molar-refractivity contribution in [1.82, 2.24) is 15.1 Å². The Labute approximate surface area is 90.1 Å². The van der Waals surface area contributed by atoms with Gasteiger partial charge in [0, 0.05) is 12.7 Å². The van der Waals surface area contributed by atoms with Gasteiger partial charge < -0.3 is 5.32 Å². The molecule has 0 atom stereocenters. The monoisotopic (exact) mass is 221 g/mol. The molecule has 0 fully saturated rings. The molecule has 0 aliphatic rings. The molecule has 0 unspecified atom stereocenters. The fourth-order valence-corrected chi connectivity index (χ4v) is 1.18. The highest BCUT2D eigenvalue weighted by Crippen LogP contribution is 1.98. The van der Waals surface area contributed by atoms with Gasteiger partial charge in [0.1, 0.15) is 6.67 Å². The van der Waals surface area contributed by atoms with Crippen molar-refractivity contribution in [1.29, 1.82) is 0 Å². The lowest BCUT2D eigenvalue weighted by Crippen LogP contribution is -2.17. The van der Waals surface area contributed by atoms with Gasteiger partial charge in [-0.3, -0.25) is 4.68 Å². The molecule has 14 heavy (non-hydrogen) atoms. The molecule has 0 aliphatic carbocycles. The summed E-state index contributed by atoms with van der Waals surface area (Å²) in [6.07, 6.45) is 2.82. The van der Waals surface area contributed by atoms with Gasteiger partial charge >= 0.3 is 0 Å². The number of aromatic nitrogens is 2. The molecular formula is C9H17ClFN3. The highest BCUT2D eigenvalue weighted by molar-refractivity contribution is 5.85. The van der Waals surface area contributed by atoms with E-state index in [0.29, 0.717) is 6.54 Å². The lowest BCUT2D eigenvalue weighted by Gasteiger charge is -2.05. The summed E-state index contributed by atoms with van der Waals surface area (Å²) in [7, 11) is 0. The van der Waals surface area contributed by atoms with Crippen molar-refractivity contribution in [3.63, 3.8) is 0 Å². The van der Waals surface area contributed by atoms with Crippen molar-refractivity contribution in [2.75, 3.05) is 13.2 Å². The largest absolute Gasteiger partial charge is 0.311 e. The Hall–Kier alpha value is -0.610. The van der Waals surface area contributed by atoms with Crippen LogP contribution in [0.2, 0.25) is 0 Å². The van der Waals surface area contributed by atoms with Gasteiger partial charge in [0.15, 0.2) is 0 Å². The number of nitrogens with one attached hydrogen (secondary N) is 1. The molecule has 1 aromatic heterocycles. The zero-order valence-corrected chi connectivity index (χ0v) is 9.19. The number of rotatable bonds is 6. The van der Waals surface area contributed by atoms with Crippen LogP contribution in [-0.4, -0.2) is 23.0 Å². The summed E-state index contributed by atoms with van der Waals surface area (Å²) >= 11 is 0. The quantitative estimate of drug-likeness (QED) is 0.743. The van der Waals surface area contributed by atoms with Gasteiger partial charge in [0.05, 0.1) is 12.2 Å². The van der Waals surface area contributed by atoms with Crippen molar-refractivity contribution in [3.8, 4) is 0 Å². The second-order valence-electron chi connectivity index (χ2n) is 2.91. The first-order chi connectivity index (χ1) is 6.38. The molecule has 0 amide bonds. The van der Waals surface area contributed by atoms with Crippen molar-refractivity contribution in [2.45, 2.75) is 26.4 Å². The highest BCUT2D eigenvalue weighted by atomic mass is 35.5. The first-order valence-electron chi connectivity index (χ1n) is 4.66. The predicted molar refractivity (Wildman–Crippen MR) is 57.4 cm³/mol. The summed E-state index contributed by atoms with van der Waals surface area (Å²) in [4.78, 5) is 0. The molecule has 82 valence electrons. The average Bonchev–Trinajstić information content (AvgIpc) is 2.54. The summed E-state index contributed by atoms with van der Waals surface area (Å²) in [5, 5.41) is 7.27. The van der Waals surface area contributed by atoms with Crippen molar-refractivity contribution in [3.05, 3.63) is 18.0 Å². The van der Waals surface area contributed by atoms with Crippen LogP contribution in [0, 0.1) is 0 Å². The van der Waals surface area contributed by atoms with Gasteiger partial charge in [0.2, 0.25) is 0 Å². The normalized spacial score (nSPS) is 9.86. The lowest BCUT2D eigenvalue weighted by molar-refractivity contribution is 0.417. The molecule has 1 heterocycles. The maximum absolute atomic E-state index is 12.0. The van der Waals surface area contributed by atoms with E-state index >= 15 is 0 Å². The molecule has 0 aliphatic heterocycles. The molecule has 0 aromatic carbocycles. The summed E-state index contributed by atoms with van der Waals surface area (Å²) in [6, 6.07) is 1.92. The maximum atomic E-state index is 12.0. The third-order valence-corrected chi connectivity index (χ3v) is 1.83. The van der Waals surface area contributed by atoms with Gasteiger partial charge in [-0.25, -0.2) is 4.39 Å². The van der Waals surface area contributed by atoms with E-state index in [1.54, 1.807) is 10.9 Å². The van der Waals surface area contributed by atoms with Gasteiger partial charge in [-0.1, -0.05) is 6.92 Å². The number of hydrogen-bond acceptors (Lipinski definition) is 2. The standard InChI is InChI=1S/C9H16FN3.ClH/c1-2-5-11-8-9-3-6-12-13(9)7-4-10;/h3,6,11H,2,4-5,7-8H2,1H3;1H. The van der Waals surface area contributed by atoms with Crippen LogP contribution < -0.4 is 5.32 Å². The number of hydrogen-bond donors (Lipinski definition) is 1. The Balaban J connectivity index is 0.00000169. The minimum Gasteiger partial charge on any atom is -0.311 e. The van der Waals surface area contributed by atoms with Crippen molar-refractivity contribution < 1.29 is 4.39 Å². The van der Waals surface area contributed by atoms with Crippen LogP contribution in [0.25, 0.3) is 0 Å². The van der Waals surface area contributed by atoms with Gasteiger partial charge in [-0.05, 0) is 19.0 Å². The van der Waals surface area contributed by atoms with Crippen LogP contribution in [0.5, 0.6) is 0 Å². The number of nitrogens with zero attached hydrogens (tertiary/aromatic N) is 2. The number of halogens is 2. The van der Waals surface area contributed by atoms with E-state index in [4.69, 9.17) is 0 Å². The van der Waals surface area contributed by atoms with E-state index in [-0.39, 0.29) is 19.1 Å². The Bertz CT molecular complexity index is 240. The van der Waals surface area contributed by atoms with E-state index in [2.05, 4.69) is 17.3 Å². The lowest BCUT2D eigenvalue weighted by atomic mass is 10.4. The van der Waals surface area contributed by atoms with E-state index in [9.17, 15) is 4.39 Å². The summed E-state index contributed by atoms with van der Waals surface area (Å²) in [5.74, 6) is 0. The van der Waals surface area contributed by atoms with E-state index in [1.165, 1.54) is 0 Å². The SMILES string of the molecule is CCCNCc1ccnn1CCF.Cl. The maximum Gasteiger partial charge on any atom is 0.109 e. The first kappa shape index (κ1) is 13.4. The summed E-state index contributed by atoms with van der Waals surface area (Å²) in [5.41, 5.74) is 1.05. The average molecular weight is 222 g/mol. The zero-order chi connectivity index (χ0) is 9.52. The Morgan fingerprint density at radius 1 is 1.57 bits per heavy atom. The number of aryl methyl sites for hydroxylation is 1. The molecule has 1 rings (SSSR count). The topological polar surface area (TPSA) is 29.9 Å². The molecule has 0 spiro atoms. The zero-order valence-electron chi connectivity index (χ0n) is 8.37. The minimum absolute atomic E-state index is 0. The fourth-order valence-electron chi connectivity index (χ4n) is 1.18. The van der Waals surface area contributed by atoms with Crippen LogP contribution in [0.4, 0.5) is 4.39 Å². The smallest absolute Gasteiger partial charge is 0.109 e. The fraction of sp³-hybridized carbons (Fsp3) is 0.667. The summed E-state index contributed by atoms with van der Waals surface area (Å²) in [6.45, 7) is 3.87. The molecule has 0 saturated heterocycles. The molecule has 0 bridgehead atoms. The van der Waals surface area contributed by atoms with Crippen LogP contribution in [0.3, 0.4) is 0 Å². The minimum atomic E-state index is -0.359. The molecule has 3 nitrogen and oxygen atoms in total. The van der Waals surface area contributed by atoms with Crippen LogP contribution in [-0.2, 0) is 13.1 Å². The Kier molecular flexibility index (Phi) is 7.42. The second kappa shape index (κ2) is 7.76. The molecule has 1 aromatic rings. The first-order valence-corrected chi connectivity index (χ1v) is 4.66. The molecule has 5 heteroatoms. The van der Waals surface area contributed by atoms with Crippen LogP contribution in [0.15, 0.2) is 12.3 Å². The molecular weight excluding hydrogens is 205 g/mol. The van der Waals surface area contributed by atoms with Gasteiger partial charge in [-0.2, -0.15) is 5.10 Å². The Morgan fingerprint density at radius 3 is 3.00 bits per heavy atom. The third kappa shape index (κ3) is 4.07. The molecule has 0 radical (unpaired) electrons. The number of alkyl halides is 1. The van der Waals surface area contributed by atoms with E-state index in [1.807, 2.05) is 6.07 Å². The van der Waals surface area contributed by atoms with Crippen molar-refractivity contribution in [2.24, 2.45) is 0 Å². The van der Waals surface area contributed by atoms with E-state index in [0.717, 1.165) is 25.2 Å². The summed E-state index contributed by atoms with van der Waals surface area (Å²) < 4.78 is 13.7. The van der Waals surface area contributed by atoms with E-state index < -0.39 is 0 Å². The Morgan fingerprint density at radius 2 is 2.36 bits per heavy atom. The highest BCUT2D eigenvalue weighted by Gasteiger charge is 2.00. The molecule has 0 saturated carbocycles. The third-order valence-electron chi connectivity index (χ3n) is 1.83.